The molecule has 116 valence electrons. The van der Waals surface area contributed by atoms with E-state index in [0.29, 0.717) is 18.9 Å². The molecule has 2 heteroatoms. The Bertz CT molecular complexity index is 572. The van der Waals surface area contributed by atoms with Crippen LogP contribution in [0.1, 0.15) is 44.6 Å². The first-order chi connectivity index (χ1) is 10.7. The van der Waals surface area contributed by atoms with Crippen molar-refractivity contribution in [3.05, 3.63) is 60.2 Å². The standard InChI is InChI=1S/C20H24O2/c1-3-22-20(21)11-7-8-16(2)17-12-14-19(15-13-17)18-9-5-4-6-10-18/h4-6,9-10,12-16H,3,7-8,11H2,1-2H3. The van der Waals surface area contributed by atoms with E-state index in [0.717, 1.165) is 12.8 Å². The SMILES string of the molecule is CCOC(=O)CCCC(C)c1ccc(-c2ccccc2)cc1. The maximum Gasteiger partial charge on any atom is 0.305 e. The molecule has 0 aromatic heterocycles. The number of esters is 1. The van der Waals surface area contributed by atoms with Crippen LogP contribution >= 0.6 is 0 Å². The molecule has 0 heterocycles. The summed E-state index contributed by atoms with van der Waals surface area (Å²) >= 11 is 0. The van der Waals surface area contributed by atoms with Crippen LogP contribution in [0.5, 0.6) is 0 Å². The van der Waals surface area contributed by atoms with E-state index in [4.69, 9.17) is 4.74 Å². The molecule has 2 rings (SSSR count). The minimum absolute atomic E-state index is 0.0888. The summed E-state index contributed by atoms with van der Waals surface area (Å²) in [5.41, 5.74) is 3.80. The average Bonchev–Trinajstić information content (AvgIpc) is 2.56. The van der Waals surface area contributed by atoms with Crippen LogP contribution in [0, 0.1) is 0 Å². The Labute approximate surface area is 133 Å². The van der Waals surface area contributed by atoms with Gasteiger partial charge in [-0.15, -0.1) is 0 Å². The summed E-state index contributed by atoms with van der Waals surface area (Å²) < 4.78 is 4.96. The molecule has 0 aliphatic carbocycles. The van der Waals surface area contributed by atoms with Gasteiger partial charge in [0.2, 0.25) is 0 Å². The van der Waals surface area contributed by atoms with Gasteiger partial charge in [-0.1, -0.05) is 61.5 Å². The van der Waals surface area contributed by atoms with Gasteiger partial charge in [0.1, 0.15) is 0 Å². The fourth-order valence-electron chi connectivity index (χ4n) is 2.59. The molecule has 0 spiro atoms. The average molecular weight is 296 g/mol. The molecule has 0 bridgehead atoms. The molecule has 0 N–H and O–H groups in total. The van der Waals surface area contributed by atoms with Gasteiger partial charge in [-0.3, -0.25) is 4.79 Å². The molecule has 1 atom stereocenters. The molecule has 0 amide bonds. The number of rotatable bonds is 7. The third-order valence-corrected chi connectivity index (χ3v) is 3.91. The van der Waals surface area contributed by atoms with Gasteiger partial charge in [0.05, 0.1) is 6.61 Å². The van der Waals surface area contributed by atoms with Gasteiger partial charge in [-0.05, 0) is 42.4 Å². The first-order valence-corrected chi connectivity index (χ1v) is 8.01. The van der Waals surface area contributed by atoms with Crippen molar-refractivity contribution in [2.45, 2.75) is 39.0 Å². The van der Waals surface area contributed by atoms with E-state index in [1.165, 1.54) is 16.7 Å². The largest absolute Gasteiger partial charge is 0.466 e. The van der Waals surface area contributed by atoms with Crippen molar-refractivity contribution in [1.82, 2.24) is 0 Å². The van der Waals surface area contributed by atoms with Gasteiger partial charge >= 0.3 is 5.97 Å². The number of hydrogen-bond acceptors (Lipinski definition) is 2. The van der Waals surface area contributed by atoms with E-state index in [9.17, 15) is 4.79 Å². The lowest BCUT2D eigenvalue weighted by Crippen LogP contribution is -2.04. The predicted molar refractivity (Wildman–Crippen MR) is 90.8 cm³/mol. The molecule has 0 radical (unpaired) electrons. The molecule has 2 aromatic rings. The lowest BCUT2D eigenvalue weighted by Gasteiger charge is -2.12. The minimum Gasteiger partial charge on any atom is -0.466 e. The molecule has 0 aliphatic heterocycles. The lowest BCUT2D eigenvalue weighted by atomic mass is 9.93. The second kappa shape index (κ2) is 8.38. The summed E-state index contributed by atoms with van der Waals surface area (Å²) in [7, 11) is 0. The normalized spacial score (nSPS) is 11.9. The van der Waals surface area contributed by atoms with Crippen molar-refractivity contribution < 1.29 is 9.53 Å². The van der Waals surface area contributed by atoms with Crippen LogP contribution in [0.15, 0.2) is 54.6 Å². The Kier molecular flexibility index (Phi) is 6.20. The van der Waals surface area contributed by atoms with Gasteiger partial charge in [-0.25, -0.2) is 0 Å². The molecule has 0 saturated carbocycles. The topological polar surface area (TPSA) is 26.3 Å². The van der Waals surface area contributed by atoms with E-state index in [-0.39, 0.29) is 5.97 Å². The van der Waals surface area contributed by atoms with Crippen LogP contribution in [0.3, 0.4) is 0 Å². The highest BCUT2D eigenvalue weighted by molar-refractivity contribution is 5.69. The number of carbonyl (C=O) groups is 1. The van der Waals surface area contributed by atoms with Gasteiger partial charge in [0, 0.05) is 6.42 Å². The predicted octanol–water partition coefficient (Wildman–Crippen LogP) is 5.19. The number of ether oxygens (including phenoxy) is 1. The van der Waals surface area contributed by atoms with Crippen molar-refractivity contribution in [1.29, 1.82) is 0 Å². The summed E-state index contributed by atoms with van der Waals surface area (Å²) in [6.07, 6.45) is 2.39. The Morgan fingerprint density at radius 3 is 2.27 bits per heavy atom. The van der Waals surface area contributed by atoms with Crippen LogP contribution in [0.2, 0.25) is 0 Å². The highest BCUT2D eigenvalue weighted by Gasteiger charge is 2.08. The Morgan fingerprint density at radius 2 is 1.64 bits per heavy atom. The van der Waals surface area contributed by atoms with Crippen molar-refractivity contribution in [2.75, 3.05) is 6.61 Å². The third kappa shape index (κ3) is 4.73. The van der Waals surface area contributed by atoms with Crippen LogP contribution < -0.4 is 0 Å². The van der Waals surface area contributed by atoms with Crippen molar-refractivity contribution >= 4 is 5.97 Å². The molecular formula is C20H24O2. The summed E-state index contributed by atoms with van der Waals surface area (Å²) in [4.78, 5) is 11.3. The zero-order valence-corrected chi connectivity index (χ0v) is 13.4. The van der Waals surface area contributed by atoms with Crippen LogP contribution in [-0.4, -0.2) is 12.6 Å². The molecule has 0 fully saturated rings. The number of carbonyl (C=O) groups excluding carboxylic acids is 1. The van der Waals surface area contributed by atoms with E-state index < -0.39 is 0 Å². The highest BCUT2D eigenvalue weighted by atomic mass is 16.5. The Balaban J connectivity index is 1.88. The van der Waals surface area contributed by atoms with Gasteiger partial charge in [0.15, 0.2) is 0 Å². The summed E-state index contributed by atoms with van der Waals surface area (Å²) in [5.74, 6) is 0.369. The maximum atomic E-state index is 11.3. The fourth-order valence-corrected chi connectivity index (χ4v) is 2.59. The molecular weight excluding hydrogens is 272 g/mol. The zero-order chi connectivity index (χ0) is 15.8. The van der Waals surface area contributed by atoms with Crippen molar-refractivity contribution in [2.24, 2.45) is 0 Å². The van der Waals surface area contributed by atoms with Crippen LogP contribution in [-0.2, 0) is 9.53 Å². The summed E-state index contributed by atoms with van der Waals surface area (Å²) in [5, 5.41) is 0. The zero-order valence-electron chi connectivity index (χ0n) is 13.4. The molecule has 1 unspecified atom stereocenters. The van der Waals surface area contributed by atoms with Gasteiger partial charge in [-0.2, -0.15) is 0 Å². The van der Waals surface area contributed by atoms with E-state index >= 15 is 0 Å². The van der Waals surface area contributed by atoms with Gasteiger partial charge < -0.3 is 4.74 Å². The summed E-state index contributed by atoms with van der Waals surface area (Å²) in [6.45, 7) is 4.52. The summed E-state index contributed by atoms with van der Waals surface area (Å²) in [6, 6.07) is 19.1. The Hall–Kier alpha value is -2.09. The first-order valence-electron chi connectivity index (χ1n) is 8.01. The van der Waals surface area contributed by atoms with Crippen molar-refractivity contribution in [3.63, 3.8) is 0 Å². The monoisotopic (exact) mass is 296 g/mol. The Morgan fingerprint density at radius 1 is 1.00 bits per heavy atom. The smallest absolute Gasteiger partial charge is 0.305 e. The van der Waals surface area contributed by atoms with Crippen LogP contribution in [0.25, 0.3) is 11.1 Å². The molecule has 0 saturated heterocycles. The minimum atomic E-state index is -0.0888. The van der Waals surface area contributed by atoms with E-state index in [2.05, 4.69) is 55.5 Å². The van der Waals surface area contributed by atoms with Gasteiger partial charge in [0.25, 0.3) is 0 Å². The first kappa shape index (κ1) is 16.3. The van der Waals surface area contributed by atoms with Crippen molar-refractivity contribution in [3.8, 4) is 11.1 Å². The maximum absolute atomic E-state index is 11.3. The fraction of sp³-hybridized carbons (Fsp3) is 0.350. The highest BCUT2D eigenvalue weighted by Crippen LogP contribution is 2.25. The second-order valence-corrected chi connectivity index (χ2v) is 5.59. The molecule has 0 aliphatic rings. The quantitative estimate of drug-likeness (QED) is 0.657. The van der Waals surface area contributed by atoms with E-state index in [1.807, 2.05) is 13.0 Å². The van der Waals surface area contributed by atoms with E-state index in [1.54, 1.807) is 0 Å². The molecule has 22 heavy (non-hydrogen) atoms. The molecule has 2 nitrogen and oxygen atoms in total. The second-order valence-electron chi connectivity index (χ2n) is 5.59. The molecule has 2 aromatic carbocycles. The third-order valence-electron chi connectivity index (χ3n) is 3.91. The lowest BCUT2D eigenvalue weighted by molar-refractivity contribution is -0.143. The number of benzene rings is 2. The number of hydrogen-bond donors (Lipinski definition) is 0. The van der Waals surface area contributed by atoms with Crippen LogP contribution in [0.4, 0.5) is 0 Å².